The second-order valence-electron chi connectivity index (χ2n) is 5.59. The number of aliphatic hydroxyl groups is 1. The predicted octanol–water partition coefficient (Wildman–Crippen LogP) is 2.30. The highest BCUT2D eigenvalue weighted by Crippen LogP contribution is 2.22. The van der Waals surface area contributed by atoms with Crippen molar-refractivity contribution >= 4 is 5.91 Å². The standard InChI is InChI=1S/C16H23NO2/c1-12-7-9-13(10-8-12)11-16(19)17(2)14-5-3-4-6-15(14)18/h7-10,14-15,18H,3-6,11H2,1-2H3. The monoisotopic (exact) mass is 261 g/mol. The van der Waals surface area contributed by atoms with Gasteiger partial charge in [-0.15, -0.1) is 0 Å². The lowest BCUT2D eigenvalue weighted by Gasteiger charge is -2.35. The molecule has 3 heteroatoms. The Bertz CT molecular complexity index is 427. The van der Waals surface area contributed by atoms with Gasteiger partial charge in [-0.25, -0.2) is 0 Å². The maximum absolute atomic E-state index is 12.3. The second kappa shape index (κ2) is 6.20. The van der Waals surface area contributed by atoms with Crippen molar-refractivity contribution < 1.29 is 9.90 Å². The molecule has 19 heavy (non-hydrogen) atoms. The molecular weight excluding hydrogens is 238 g/mol. The largest absolute Gasteiger partial charge is 0.391 e. The van der Waals surface area contributed by atoms with Gasteiger partial charge in [-0.05, 0) is 25.3 Å². The van der Waals surface area contributed by atoms with Gasteiger partial charge in [0.25, 0.3) is 0 Å². The summed E-state index contributed by atoms with van der Waals surface area (Å²) >= 11 is 0. The summed E-state index contributed by atoms with van der Waals surface area (Å²) in [5, 5.41) is 10.00. The number of amides is 1. The number of benzene rings is 1. The summed E-state index contributed by atoms with van der Waals surface area (Å²) in [4.78, 5) is 14.0. The molecule has 2 rings (SSSR count). The number of carbonyl (C=O) groups is 1. The number of hydrogen-bond acceptors (Lipinski definition) is 2. The minimum Gasteiger partial charge on any atom is -0.391 e. The molecule has 1 aliphatic rings. The molecule has 2 unspecified atom stereocenters. The van der Waals surface area contributed by atoms with Crippen molar-refractivity contribution in [2.24, 2.45) is 0 Å². The zero-order chi connectivity index (χ0) is 13.8. The topological polar surface area (TPSA) is 40.5 Å². The van der Waals surface area contributed by atoms with Gasteiger partial charge in [0.15, 0.2) is 0 Å². The van der Waals surface area contributed by atoms with Gasteiger partial charge in [-0.1, -0.05) is 42.7 Å². The van der Waals surface area contributed by atoms with Crippen LogP contribution in [0.1, 0.15) is 36.8 Å². The zero-order valence-corrected chi connectivity index (χ0v) is 11.8. The van der Waals surface area contributed by atoms with E-state index in [1.165, 1.54) is 5.56 Å². The molecule has 0 aliphatic heterocycles. The van der Waals surface area contributed by atoms with E-state index in [0.717, 1.165) is 31.2 Å². The highest BCUT2D eigenvalue weighted by atomic mass is 16.3. The Hall–Kier alpha value is -1.35. The molecule has 0 spiro atoms. The van der Waals surface area contributed by atoms with Crippen LogP contribution in [0.25, 0.3) is 0 Å². The Morgan fingerprint density at radius 3 is 2.53 bits per heavy atom. The lowest BCUT2D eigenvalue weighted by Crippen LogP contribution is -2.46. The maximum atomic E-state index is 12.3. The van der Waals surface area contributed by atoms with Crippen LogP contribution in [0.5, 0.6) is 0 Å². The maximum Gasteiger partial charge on any atom is 0.227 e. The molecule has 0 bridgehead atoms. The van der Waals surface area contributed by atoms with Crippen LogP contribution in [0.2, 0.25) is 0 Å². The molecule has 3 nitrogen and oxygen atoms in total. The van der Waals surface area contributed by atoms with E-state index in [0.29, 0.717) is 6.42 Å². The van der Waals surface area contributed by atoms with Crippen LogP contribution in [0.4, 0.5) is 0 Å². The van der Waals surface area contributed by atoms with Gasteiger partial charge in [-0.3, -0.25) is 4.79 Å². The highest BCUT2D eigenvalue weighted by Gasteiger charge is 2.29. The average molecular weight is 261 g/mol. The molecule has 0 heterocycles. The van der Waals surface area contributed by atoms with Crippen LogP contribution in [0.3, 0.4) is 0 Å². The predicted molar refractivity (Wildman–Crippen MR) is 75.9 cm³/mol. The Morgan fingerprint density at radius 2 is 1.89 bits per heavy atom. The third-order valence-electron chi connectivity index (χ3n) is 4.06. The van der Waals surface area contributed by atoms with Crippen LogP contribution in [-0.4, -0.2) is 35.1 Å². The van der Waals surface area contributed by atoms with Crippen LogP contribution >= 0.6 is 0 Å². The number of carbonyl (C=O) groups excluding carboxylic acids is 1. The molecule has 1 fully saturated rings. The fourth-order valence-corrected chi connectivity index (χ4v) is 2.73. The average Bonchev–Trinajstić information content (AvgIpc) is 2.41. The first-order chi connectivity index (χ1) is 9.08. The lowest BCUT2D eigenvalue weighted by molar-refractivity contribution is -0.134. The summed E-state index contributed by atoms with van der Waals surface area (Å²) in [6, 6.07) is 8.04. The summed E-state index contributed by atoms with van der Waals surface area (Å²) in [7, 11) is 1.82. The highest BCUT2D eigenvalue weighted by molar-refractivity contribution is 5.78. The van der Waals surface area contributed by atoms with E-state index in [4.69, 9.17) is 0 Å². The first kappa shape index (κ1) is 14.1. The van der Waals surface area contributed by atoms with Crippen molar-refractivity contribution in [1.82, 2.24) is 4.90 Å². The number of rotatable bonds is 3. The third-order valence-corrected chi connectivity index (χ3v) is 4.06. The molecule has 1 aromatic carbocycles. The molecule has 1 aliphatic carbocycles. The number of aryl methyl sites for hydroxylation is 1. The summed E-state index contributed by atoms with van der Waals surface area (Å²) in [6.07, 6.45) is 3.95. The fourth-order valence-electron chi connectivity index (χ4n) is 2.73. The van der Waals surface area contributed by atoms with E-state index in [1.54, 1.807) is 4.90 Å². The number of aliphatic hydroxyl groups excluding tert-OH is 1. The second-order valence-corrected chi connectivity index (χ2v) is 5.59. The third kappa shape index (κ3) is 3.57. The van der Waals surface area contributed by atoms with Crippen LogP contribution in [0, 0.1) is 6.92 Å². The van der Waals surface area contributed by atoms with Gasteiger partial charge in [0.1, 0.15) is 0 Å². The van der Waals surface area contributed by atoms with E-state index < -0.39 is 0 Å². The van der Waals surface area contributed by atoms with Crippen molar-refractivity contribution in [3.05, 3.63) is 35.4 Å². The van der Waals surface area contributed by atoms with E-state index in [2.05, 4.69) is 0 Å². The fraction of sp³-hybridized carbons (Fsp3) is 0.562. The molecule has 1 N–H and O–H groups in total. The molecule has 2 atom stereocenters. The van der Waals surface area contributed by atoms with Gasteiger partial charge in [-0.2, -0.15) is 0 Å². The molecule has 1 saturated carbocycles. The summed E-state index contributed by atoms with van der Waals surface area (Å²) in [5.74, 6) is 0.0924. The van der Waals surface area contributed by atoms with Crippen molar-refractivity contribution in [2.45, 2.75) is 51.2 Å². The molecule has 0 radical (unpaired) electrons. The van der Waals surface area contributed by atoms with Crippen LogP contribution in [-0.2, 0) is 11.2 Å². The first-order valence-corrected chi connectivity index (χ1v) is 7.07. The van der Waals surface area contributed by atoms with E-state index in [9.17, 15) is 9.90 Å². The summed E-state index contributed by atoms with van der Waals surface area (Å²) in [6.45, 7) is 2.04. The number of nitrogens with zero attached hydrogens (tertiary/aromatic N) is 1. The normalized spacial score (nSPS) is 23.1. The first-order valence-electron chi connectivity index (χ1n) is 7.07. The summed E-state index contributed by atoms with van der Waals surface area (Å²) in [5.41, 5.74) is 2.24. The Labute approximate surface area is 115 Å². The summed E-state index contributed by atoms with van der Waals surface area (Å²) < 4.78 is 0. The van der Waals surface area contributed by atoms with E-state index in [1.807, 2.05) is 38.2 Å². The Morgan fingerprint density at radius 1 is 1.26 bits per heavy atom. The van der Waals surface area contributed by atoms with Gasteiger partial charge in [0.2, 0.25) is 5.91 Å². The van der Waals surface area contributed by atoms with E-state index in [-0.39, 0.29) is 18.1 Å². The Kier molecular flexibility index (Phi) is 4.59. The molecule has 1 aromatic rings. The smallest absolute Gasteiger partial charge is 0.227 e. The van der Waals surface area contributed by atoms with Gasteiger partial charge in [0, 0.05) is 7.05 Å². The van der Waals surface area contributed by atoms with Crippen LogP contribution < -0.4 is 0 Å². The van der Waals surface area contributed by atoms with Gasteiger partial charge >= 0.3 is 0 Å². The number of hydrogen-bond donors (Lipinski definition) is 1. The van der Waals surface area contributed by atoms with Gasteiger partial charge < -0.3 is 10.0 Å². The van der Waals surface area contributed by atoms with E-state index >= 15 is 0 Å². The van der Waals surface area contributed by atoms with Crippen molar-refractivity contribution in [3.8, 4) is 0 Å². The quantitative estimate of drug-likeness (QED) is 0.907. The minimum absolute atomic E-state index is 0.00769. The molecule has 104 valence electrons. The Balaban J connectivity index is 1.96. The zero-order valence-electron chi connectivity index (χ0n) is 11.8. The number of likely N-dealkylation sites (N-methyl/N-ethyl adjacent to an activating group) is 1. The molecule has 1 amide bonds. The van der Waals surface area contributed by atoms with Gasteiger partial charge in [0.05, 0.1) is 18.6 Å². The molecule has 0 saturated heterocycles. The molecule has 0 aromatic heterocycles. The van der Waals surface area contributed by atoms with Crippen molar-refractivity contribution in [1.29, 1.82) is 0 Å². The molecular formula is C16H23NO2. The van der Waals surface area contributed by atoms with Crippen molar-refractivity contribution in [2.75, 3.05) is 7.05 Å². The van der Waals surface area contributed by atoms with Crippen molar-refractivity contribution in [3.63, 3.8) is 0 Å². The SMILES string of the molecule is Cc1ccc(CC(=O)N(C)C2CCCCC2O)cc1. The lowest BCUT2D eigenvalue weighted by atomic mass is 9.91. The van der Waals surface area contributed by atoms with Crippen LogP contribution in [0.15, 0.2) is 24.3 Å². The minimum atomic E-state index is -0.360.